The minimum Gasteiger partial charge on any atom is -0.452 e. The molecule has 0 aliphatic rings. The molecule has 0 radical (unpaired) electrons. The lowest BCUT2D eigenvalue weighted by Crippen LogP contribution is -2.35. The Balaban J connectivity index is 1.61. The predicted molar refractivity (Wildman–Crippen MR) is 115 cm³/mol. The van der Waals surface area contributed by atoms with Crippen LogP contribution in [0.2, 0.25) is 0 Å². The zero-order chi connectivity index (χ0) is 21.7. The molecule has 0 fully saturated rings. The van der Waals surface area contributed by atoms with E-state index in [-0.39, 0.29) is 24.5 Å². The van der Waals surface area contributed by atoms with E-state index in [9.17, 15) is 9.59 Å². The lowest BCUT2D eigenvalue weighted by atomic mass is 9.95. The Bertz CT molecular complexity index is 1020. The number of nitrogens with zero attached hydrogens (tertiary/aromatic N) is 3. The molecule has 0 bridgehead atoms. The number of ether oxygens (including phenoxy) is 1. The molecule has 0 aliphatic carbocycles. The van der Waals surface area contributed by atoms with Crippen LogP contribution in [0.25, 0.3) is 11.0 Å². The van der Waals surface area contributed by atoms with Crippen molar-refractivity contribution in [2.24, 2.45) is 5.92 Å². The minimum absolute atomic E-state index is 0.150. The maximum Gasteiger partial charge on any atom is 0.338 e. The zero-order valence-corrected chi connectivity index (χ0v) is 17.9. The Hall–Kier alpha value is -3.22. The average molecular weight is 409 g/mol. The summed E-state index contributed by atoms with van der Waals surface area (Å²) in [5, 5.41) is 11.1. The highest BCUT2D eigenvalue weighted by Gasteiger charge is 2.20. The van der Waals surface area contributed by atoms with Crippen molar-refractivity contribution in [3.8, 4) is 0 Å². The number of benzene rings is 2. The van der Waals surface area contributed by atoms with Gasteiger partial charge in [0.1, 0.15) is 5.52 Å². The Morgan fingerprint density at radius 2 is 1.83 bits per heavy atom. The summed E-state index contributed by atoms with van der Waals surface area (Å²) in [6, 6.07) is 13.1. The number of aromatic nitrogens is 3. The van der Waals surface area contributed by atoms with Crippen molar-refractivity contribution in [2.75, 3.05) is 6.61 Å². The van der Waals surface area contributed by atoms with Crippen molar-refractivity contribution < 1.29 is 14.3 Å². The number of carbonyl (C=O) groups excluding carboxylic acids is 2. The van der Waals surface area contributed by atoms with Crippen LogP contribution in [0.15, 0.2) is 42.5 Å². The van der Waals surface area contributed by atoms with Gasteiger partial charge in [-0.15, -0.1) is 5.10 Å². The van der Waals surface area contributed by atoms with Gasteiger partial charge in [-0.1, -0.05) is 50.3 Å². The SMILES string of the molecule is CCc1ccc([C@H](NC(=O)COC(=O)c2ccc3c(c2)nnn3CC)C(C)C)cc1. The third-order valence-electron chi connectivity index (χ3n) is 5.11. The van der Waals surface area contributed by atoms with Crippen LogP contribution in [0, 0.1) is 5.92 Å². The van der Waals surface area contributed by atoms with E-state index < -0.39 is 5.97 Å². The maximum atomic E-state index is 12.4. The first-order valence-electron chi connectivity index (χ1n) is 10.3. The second-order valence-corrected chi connectivity index (χ2v) is 7.57. The number of hydrogen-bond donors (Lipinski definition) is 1. The standard InChI is InChI=1S/C23H28N4O3/c1-5-16-7-9-17(10-8-16)22(15(3)4)24-21(28)14-30-23(29)18-11-12-20-19(13-18)25-26-27(20)6-2/h7-13,15,22H,5-6,14H2,1-4H3,(H,24,28)/t22-/m1/s1. The van der Waals surface area contributed by atoms with Crippen LogP contribution in [-0.4, -0.2) is 33.5 Å². The largest absolute Gasteiger partial charge is 0.452 e. The third kappa shape index (κ3) is 4.84. The Morgan fingerprint density at radius 1 is 1.10 bits per heavy atom. The lowest BCUT2D eigenvalue weighted by Gasteiger charge is -2.23. The molecule has 3 aromatic rings. The van der Waals surface area contributed by atoms with E-state index in [1.54, 1.807) is 22.9 Å². The molecule has 158 valence electrons. The summed E-state index contributed by atoms with van der Waals surface area (Å²) in [5.41, 5.74) is 4.09. The van der Waals surface area contributed by atoms with E-state index in [2.05, 4.69) is 34.7 Å². The van der Waals surface area contributed by atoms with Gasteiger partial charge >= 0.3 is 5.97 Å². The summed E-state index contributed by atoms with van der Waals surface area (Å²) in [6.07, 6.45) is 0.968. The van der Waals surface area contributed by atoms with E-state index in [4.69, 9.17) is 4.74 Å². The van der Waals surface area contributed by atoms with Crippen LogP contribution >= 0.6 is 0 Å². The molecule has 0 unspecified atom stereocenters. The summed E-state index contributed by atoms with van der Waals surface area (Å²) in [7, 11) is 0. The van der Waals surface area contributed by atoms with E-state index in [1.807, 2.05) is 32.9 Å². The number of amides is 1. The highest BCUT2D eigenvalue weighted by Crippen LogP contribution is 2.22. The summed E-state index contributed by atoms with van der Waals surface area (Å²) < 4.78 is 6.97. The van der Waals surface area contributed by atoms with Gasteiger partial charge in [-0.25, -0.2) is 9.48 Å². The summed E-state index contributed by atoms with van der Waals surface area (Å²) in [4.78, 5) is 24.8. The second kappa shape index (κ2) is 9.52. The zero-order valence-electron chi connectivity index (χ0n) is 17.9. The first-order valence-corrected chi connectivity index (χ1v) is 10.3. The fourth-order valence-electron chi connectivity index (χ4n) is 3.36. The highest BCUT2D eigenvalue weighted by molar-refractivity contribution is 5.94. The average Bonchev–Trinajstić information content (AvgIpc) is 3.18. The number of fused-ring (bicyclic) bond motifs is 1. The topological polar surface area (TPSA) is 86.1 Å². The van der Waals surface area contributed by atoms with Crippen LogP contribution in [0.4, 0.5) is 0 Å². The van der Waals surface area contributed by atoms with Crippen LogP contribution in [0.1, 0.15) is 55.2 Å². The second-order valence-electron chi connectivity index (χ2n) is 7.57. The number of rotatable bonds is 8. The predicted octanol–water partition coefficient (Wildman–Crippen LogP) is 3.68. The molecular weight excluding hydrogens is 380 g/mol. The van der Waals surface area contributed by atoms with Gasteiger partial charge in [-0.3, -0.25) is 4.79 Å². The smallest absolute Gasteiger partial charge is 0.338 e. The molecule has 0 saturated carbocycles. The maximum absolute atomic E-state index is 12.4. The van der Waals surface area contributed by atoms with Gasteiger partial charge in [0.2, 0.25) is 0 Å². The first kappa shape index (κ1) is 21.5. The summed E-state index contributed by atoms with van der Waals surface area (Å²) in [5.74, 6) is -0.702. The molecule has 1 atom stereocenters. The quantitative estimate of drug-likeness (QED) is 0.575. The summed E-state index contributed by atoms with van der Waals surface area (Å²) in [6.45, 7) is 8.52. The number of hydrogen-bond acceptors (Lipinski definition) is 5. The molecule has 2 aromatic carbocycles. The molecule has 1 aromatic heterocycles. The number of carbonyl (C=O) groups is 2. The van der Waals surface area contributed by atoms with Gasteiger partial charge in [0.25, 0.3) is 5.91 Å². The van der Waals surface area contributed by atoms with Gasteiger partial charge in [0.15, 0.2) is 6.61 Å². The van der Waals surface area contributed by atoms with Gasteiger partial charge in [0.05, 0.1) is 17.1 Å². The van der Waals surface area contributed by atoms with Crippen molar-refractivity contribution >= 4 is 22.9 Å². The lowest BCUT2D eigenvalue weighted by molar-refractivity contribution is -0.125. The van der Waals surface area contributed by atoms with Crippen molar-refractivity contribution in [1.82, 2.24) is 20.3 Å². The monoisotopic (exact) mass is 408 g/mol. The molecule has 7 nitrogen and oxygen atoms in total. The van der Waals surface area contributed by atoms with Crippen LogP contribution in [0.3, 0.4) is 0 Å². The van der Waals surface area contributed by atoms with Crippen molar-refractivity contribution in [2.45, 2.75) is 46.7 Å². The first-order chi connectivity index (χ1) is 14.4. The number of nitrogens with one attached hydrogen (secondary N) is 1. The Kier molecular flexibility index (Phi) is 6.82. The fourth-order valence-corrected chi connectivity index (χ4v) is 3.36. The minimum atomic E-state index is -0.563. The van der Waals surface area contributed by atoms with Gasteiger partial charge in [-0.05, 0) is 48.6 Å². The molecule has 0 aliphatic heterocycles. The van der Waals surface area contributed by atoms with Crippen LogP contribution in [-0.2, 0) is 22.5 Å². The van der Waals surface area contributed by atoms with E-state index in [0.717, 1.165) is 17.5 Å². The van der Waals surface area contributed by atoms with Crippen molar-refractivity contribution in [1.29, 1.82) is 0 Å². The molecule has 1 heterocycles. The Labute approximate surface area is 176 Å². The molecule has 0 spiro atoms. The van der Waals surface area contributed by atoms with Crippen LogP contribution < -0.4 is 5.32 Å². The molecule has 7 heteroatoms. The Morgan fingerprint density at radius 3 is 2.47 bits per heavy atom. The van der Waals surface area contributed by atoms with Crippen molar-refractivity contribution in [3.63, 3.8) is 0 Å². The highest BCUT2D eigenvalue weighted by atomic mass is 16.5. The van der Waals surface area contributed by atoms with E-state index >= 15 is 0 Å². The third-order valence-corrected chi connectivity index (χ3v) is 5.11. The van der Waals surface area contributed by atoms with E-state index in [1.165, 1.54) is 5.56 Å². The van der Waals surface area contributed by atoms with Crippen LogP contribution in [0.5, 0.6) is 0 Å². The van der Waals surface area contributed by atoms with Gasteiger partial charge in [-0.2, -0.15) is 0 Å². The molecule has 0 saturated heterocycles. The molecule has 30 heavy (non-hydrogen) atoms. The van der Waals surface area contributed by atoms with Gasteiger partial charge in [0, 0.05) is 6.54 Å². The molecule has 3 rings (SSSR count). The van der Waals surface area contributed by atoms with Crippen molar-refractivity contribution in [3.05, 3.63) is 59.2 Å². The molecule has 1 amide bonds. The molecular formula is C23H28N4O3. The summed E-state index contributed by atoms with van der Waals surface area (Å²) >= 11 is 0. The fraction of sp³-hybridized carbons (Fsp3) is 0.391. The van der Waals surface area contributed by atoms with Gasteiger partial charge < -0.3 is 10.1 Å². The number of esters is 1. The normalized spacial score (nSPS) is 12.2. The van der Waals surface area contributed by atoms with E-state index in [0.29, 0.717) is 17.6 Å². The number of aryl methyl sites for hydroxylation is 2. The molecule has 1 N–H and O–H groups in total.